The first-order valence-corrected chi connectivity index (χ1v) is 7.38. The number of hydrogen-bond donors (Lipinski definition) is 1. The highest BCUT2D eigenvalue weighted by Crippen LogP contribution is 2.21. The topological polar surface area (TPSA) is 47.6 Å². The Kier molecular flexibility index (Phi) is 7.36. The maximum absolute atomic E-state index is 11.1. The highest BCUT2D eigenvalue weighted by atomic mass is 32.2. The molecule has 1 unspecified atom stereocenters. The predicted molar refractivity (Wildman–Crippen MR) is 78.8 cm³/mol. The molecule has 0 aliphatic carbocycles. The van der Waals surface area contributed by atoms with E-state index in [0.717, 1.165) is 18.0 Å². The number of methoxy groups -OCH3 is 2. The third-order valence-corrected chi connectivity index (χ3v) is 3.71. The molecule has 19 heavy (non-hydrogen) atoms. The van der Waals surface area contributed by atoms with Gasteiger partial charge in [-0.3, -0.25) is 4.79 Å². The van der Waals surface area contributed by atoms with E-state index in [1.165, 1.54) is 12.7 Å². The molecule has 1 rings (SSSR count). The molecule has 0 aliphatic rings. The fourth-order valence-electron chi connectivity index (χ4n) is 1.67. The first-order chi connectivity index (χ1) is 9.21. The van der Waals surface area contributed by atoms with Crippen molar-refractivity contribution in [2.24, 2.45) is 0 Å². The van der Waals surface area contributed by atoms with Gasteiger partial charge in [-0.25, -0.2) is 0 Å². The summed E-state index contributed by atoms with van der Waals surface area (Å²) in [7, 11) is 3.07. The standard InChI is InChI=1S/C14H21NO3S/c1-4-15-13(9-19-10-14(16)18-3)11-5-7-12(17-2)8-6-11/h5-8,13,15H,4,9-10H2,1-3H3. The van der Waals surface area contributed by atoms with Gasteiger partial charge in [0.15, 0.2) is 0 Å². The SMILES string of the molecule is CCNC(CSCC(=O)OC)c1ccc(OC)cc1. The third-order valence-electron chi connectivity index (χ3n) is 2.70. The number of benzene rings is 1. The monoisotopic (exact) mass is 283 g/mol. The molecule has 1 atom stereocenters. The highest BCUT2D eigenvalue weighted by molar-refractivity contribution is 7.99. The molecule has 0 fully saturated rings. The van der Waals surface area contributed by atoms with Crippen molar-refractivity contribution in [1.82, 2.24) is 5.32 Å². The molecular weight excluding hydrogens is 262 g/mol. The second-order valence-electron chi connectivity index (χ2n) is 3.97. The average molecular weight is 283 g/mol. The third kappa shape index (κ3) is 5.53. The van der Waals surface area contributed by atoms with Crippen molar-refractivity contribution in [3.8, 4) is 5.75 Å². The Labute approximate surface area is 118 Å². The fourth-order valence-corrected chi connectivity index (χ4v) is 2.62. The second kappa shape index (κ2) is 8.82. The first kappa shape index (κ1) is 15.9. The Hall–Kier alpha value is -1.20. The van der Waals surface area contributed by atoms with E-state index in [1.807, 2.05) is 24.3 Å². The van der Waals surface area contributed by atoms with Gasteiger partial charge in [0.25, 0.3) is 0 Å². The minimum Gasteiger partial charge on any atom is -0.497 e. The molecule has 0 spiro atoms. The molecule has 0 saturated heterocycles. The number of esters is 1. The molecule has 0 heterocycles. The molecule has 1 aromatic rings. The van der Waals surface area contributed by atoms with Gasteiger partial charge in [0.2, 0.25) is 0 Å². The number of carbonyl (C=O) groups is 1. The first-order valence-electron chi connectivity index (χ1n) is 6.23. The summed E-state index contributed by atoms with van der Waals surface area (Å²) in [6, 6.07) is 8.22. The maximum atomic E-state index is 11.1. The molecule has 0 bridgehead atoms. The quantitative estimate of drug-likeness (QED) is 0.742. The van der Waals surface area contributed by atoms with Gasteiger partial charge in [-0.1, -0.05) is 19.1 Å². The molecule has 106 valence electrons. The predicted octanol–water partition coefficient (Wildman–Crippen LogP) is 2.25. The van der Waals surface area contributed by atoms with E-state index in [4.69, 9.17) is 4.74 Å². The van der Waals surface area contributed by atoms with Crippen LogP contribution < -0.4 is 10.1 Å². The summed E-state index contributed by atoms with van der Waals surface area (Å²) in [6.07, 6.45) is 0. The van der Waals surface area contributed by atoms with Crippen molar-refractivity contribution in [2.45, 2.75) is 13.0 Å². The number of thioether (sulfide) groups is 1. The van der Waals surface area contributed by atoms with Gasteiger partial charge >= 0.3 is 5.97 Å². The van der Waals surface area contributed by atoms with Crippen molar-refractivity contribution < 1.29 is 14.3 Å². The summed E-state index contributed by atoms with van der Waals surface area (Å²) in [6.45, 7) is 2.96. The lowest BCUT2D eigenvalue weighted by atomic mass is 10.1. The Morgan fingerprint density at radius 1 is 1.32 bits per heavy atom. The van der Waals surface area contributed by atoms with Crippen molar-refractivity contribution in [3.63, 3.8) is 0 Å². The highest BCUT2D eigenvalue weighted by Gasteiger charge is 2.11. The van der Waals surface area contributed by atoms with Crippen LogP contribution in [0.3, 0.4) is 0 Å². The van der Waals surface area contributed by atoms with Crippen LogP contribution >= 0.6 is 11.8 Å². The van der Waals surface area contributed by atoms with Gasteiger partial charge in [0.1, 0.15) is 5.75 Å². The molecule has 0 aromatic heterocycles. The molecule has 1 aromatic carbocycles. The van der Waals surface area contributed by atoms with Gasteiger partial charge in [0.05, 0.1) is 20.0 Å². The number of nitrogens with one attached hydrogen (secondary N) is 1. The summed E-state index contributed by atoms with van der Waals surface area (Å²) in [4.78, 5) is 11.1. The van der Waals surface area contributed by atoms with E-state index < -0.39 is 0 Å². The van der Waals surface area contributed by atoms with E-state index >= 15 is 0 Å². The van der Waals surface area contributed by atoms with Crippen molar-refractivity contribution >= 4 is 17.7 Å². The zero-order valence-electron chi connectivity index (χ0n) is 11.6. The summed E-state index contributed by atoms with van der Waals surface area (Å²) in [5.41, 5.74) is 1.19. The molecule has 1 N–H and O–H groups in total. The van der Waals surface area contributed by atoms with E-state index in [2.05, 4.69) is 17.0 Å². The van der Waals surface area contributed by atoms with Crippen LogP contribution in [0, 0.1) is 0 Å². The van der Waals surface area contributed by atoms with Crippen LogP contribution in [0.15, 0.2) is 24.3 Å². The molecule has 0 aliphatic heterocycles. The summed E-state index contributed by atoms with van der Waals surface area (Å²) in [5, 5.41) is 3.41. The zero-order chi connectivity index (χ0) is 14.1. The van der Waals surface area contributed by atoms with Gasteiger partial charge in [0, 0.05) is 11.8 Å². The van der Waals surface area contributed by atoms with E-state index in [-0.39, 0.29) is 12.0 Å². The minimum atomic E-state index is -0.185. The van der Waals surface area contributed by atoms with E-state index in [9.17, 15) is 4.79 Å². The normalized spacial score (nSPS) is 11.9. The van der Waals surface area contributed by atoms with E-state index in [0.29, 0.717) is 5.75 Å². The molecule has 4 nitrogen and oxygen atoms in total. The minimum absolute atomic E-state index is 0.185. The van der Waals surface area contributed by atoms with Crippen LogP contribution in [0.1, 0.15) is 18.5 Å². The van der Waals surface area contributed by atoms with E-state index in [1.54, 1.807) is 18.9 Å². The smallest absolute Gasteiger partial charge is 0.315 e. The maximum Gasteiger partial charge on any atom is 0.315 e. The molecular formula is C14H21NO3S. The Morgan fingerprint density at radius 2 is 2.00 bits per heavy atom. The number of ether oxygens (including phenoxy) is 2. The Balaban J connectivity index is 2.57. The largest absolute Gasteiger partial charge is 0.497 e. The van der Waals surface area contributed by atoms with Gasteiger partial charge in [-0.05, 0) is 24.2 Å². The molecule has 0 radical (unpaired) electrons. The van der Waals surface area contributed by atoms with Crippen LogP contribution in [-0.2, 0) is 9.53 Å². The van der Waals surface area contributed by atoms with Crippen LogP contribution in [-0.4, -0.2) is 38.2 Å². The lowest BCUT2D eigenvalue weighted by Crippen LogP contribution is -2.23. The Morgan fingerprint density at radius 3 is 2.53 bits per heavy atom. The van der Waals surface area contributed by atoms with Gasteiger partial charge in [-0.15, -0.1) is 11.8 Å². The Bertz CT molecular complexity index is 381. The van der Waals surface area contributed by atoms with Gasteiger partial charge in [-0.2, -0.15) is 0 Å². The van der Waals surface area contributed by atoms with Crippen LogP contribution in [0.2, 0.25) is 0 Å². The summed E-state index contributed by atoms with van der Waals surface area (Å²) < 4.78 is 9.78. The summed E-state index contributed by atoms with van der Waals surface area (Å²) in [5.74, 6) is 1.88. The lowest BCUT2D eigenvalue weighted by molar-refractivity contribution is -0.137. The van der Waals surface area contributed by atoms with Crippen molar-refractivity contribution in [3.05, 3.63) is 29.8 Å². The van der Waals surface area contributed by atoms with Crippen LogP contribution in [0.25, 0.3) is 0 Å². The molecule has 0 amide bonds. The second-order valence-corrected chi connectivity index (χ2v) is 5.00. The van der Waals surface area contributed by atoms with Crippen LogP contribution in [0.4, 0.5) is 0 Å². The fraction of sp³-hybridized carbons (Fsp3) is 0.500. The number of hydrogen-bond acceptors (Lipinski definition) is 5. The zero-order valence-corrected chi connectivity index (χ0v) is 12.5. The molecule has 5 heteroatoms. The van der Waals surface area contributed by atoms with Crippen molar-refractivity contribution in [1.29, 1.82) is 0 Å². The number of rotatable bonds is 8. The van der Waals surface area contributed by atoms with Crippen LogP contribution in [0.5, 0.6) is 5.75 Å². The number of carbonyl (C=O) groups excluding carboxylic acids is 1. The van der Waals surface area contributed by atoms with Gasteiger partial charge < -0.3 is 14.8 Å². The lowest BCUT2D eigenvalue weighted by Gasteiger charge is -2.18. The van der Waals surface area contributed by atoms with Crippen molar-refractivity contribution in [2.75, 3.05) is 32.3 Å². The average Bonchev–Trinajstić information content (AvgIpc) is 2.46. The summed E-state index contributed by atoms with van der Waals surface area (Å²) >= 11 is 1.57. The molecule has 0 saturated carbocycles.